The zero-order chi connectivity index (χ0) is 10.1. The molecule has 0 spiro atoms. The molecule has 0 radical (unpaired) electrons. The molecule has 1 N–H and O–H groups in total. The number of halogens is 1. The summed E-state index contributed by atoms with van der Waals surface area (Å²) in [5, 5.41) is 9.01. The smallest absolute Gasteiger partial charge is 0.119 e. The molecule has 0 saturated heterocycles. The van der Waals surface area contributed by atoms with Gasteiger partial charge in [-0.2, -0.15) is 0 Å². The SMILES string of the molecule is COc1ccc(Br)c([C@@H]2C[C@@H]2CO)c1. The van der Waals surface area contributed by atoms with Crippen molar-refractivity contribution in [1.29, 1.82) is 0 Å². The number of aliphatic hydroxyl groups is 1. The number of aliphatic hydroxyl groups excluding tert-OH is 1. The Hall–Kier alpha value is -0.540. The molecule has 1 aliphatic carbocycles. The highest BCUT2D eigenvalue weighted by molar-refractivity contribution is 9.10. The van der Waals surface area contributed by atoms with Gasteiger partial charge in [-0.15, -0.1) is 0 Å². The van der Waals surface area contributed by atoms with Crippen molar-refractivity contribution in [3.05, 3.63) is 28.2 Å². The maximum atomic E-state index is 9.01. The lowest BCUT2D eigenvalue weighted by Gasteiger charge is -2.06. The Bertz CT molecular complexity index is 338. The Kier molecular flexibility index (Phi) is 2.79. The van der Waals surface area contributed by atoms with E-state index in [0.29, 0.717) is 11.8 Å². The van der Waals surface area contributed by atoms with Crippen LogP contribution >= 0.6 is 15.9 Å². The van der Waals surface area contributed by atoms with Crippen LogP contribution in [0.15, 0.2) is 22.7 Å². The molecule has 2 nitrogen and oxygen atoms in total. The first-order chi connectivity index (χ1) is 6.76. The first kappa shape index (κ1) is 9.99. The molecule has 0 heterocycles. The van der Waals surface area contributed by atoms with E-state index < -0.39 is 0 Å². The molecule has 1 aliphatic rings. The fourth-order valence-electron chi connectivity index (χ4n) is 1.76. The van der Waals surface area contributed by atoms with E-state index in [-0.39, 0.29) is 6.61 Å². The molecule has 1 fully saturated rings. The molecule has 0 aromatic heterocycles. The Labute approximate surface area is 92.0 Å². The summed E-state index contributed by atoms with van der Waals surface area (Å²) >= 11 is 3.52. The molecular weight excluding hydrogens is 244 g/mol. The van der Waals surface area contributed by atoms with Gasteiger partial charge in [0.1, 0.15) is 5.75 Å². The third-order valence-corrected chi connectivity index (χ3v) is 3.48. The van der Waals surface area contributed by atoms with E-state index >= 15 is 0 Å². The van der Waals surface area contributed by atoms with Gasteiger partial charge >= 0.3 is 0 Å². The van der Waals surface area contributed by atoms with E-state index in [0.717, 1.165) is 16.6 Å². The molecule has 2 rings (SSSR count). The van der Waals surface area contributed by atoms with Gasteiger partial charge in [-0.1, -0.05) is 15.9 Å². The molecule has 1 saturated carbocycles. The lowest BCUT2D eigenvalue weighted by molar-refractivity contribution is 0.274. The first-order valence-corrected chi connectivity index (χ1v) is 5.50. The summed E-state index contributed by atoms with van der Waals surface area (Å²) in [6, 6.07) is 5.98. The highest BCUT2D eigenvalue weighted by atomic mass is 79.9. The maximum Gasteiger partial charge on any atom is 0.119 e. The predicted octanol–water partition coefficient (Wildman–Crippen LogP) is 2.55. The normalized spacial score (nSPS) is 24.8. The van der Waals surface area contributed by atoms with Crippen molar-refractivity contribution in [2.24, 2.45) is 5.92 Å². The fourth-order valence-corrected chi connectivity index (χ4v) is 2.30. The van der Waals surface area contributed by atoms with E-state index in [1.807, 2.05) is 18.2 Å². The quantitative estimate of drug-likeness (QED) is 0.901. The minimum atomic E-state index is 0.286. The van der Waals surface area contributed by atoms with E-state index in [1.54, 1.807) is 7.11 Å². The number of hydrogen-bond donors (Lipinski definition) is 1. The minimum absolute atomic E-state index is 0.286. The Balaban J connectivity index is 2.24. The maximum absolute atomic E-state index is 9.01. The molecule has 1 aromatic carbocycles. The van der Waals surface area contributed by atoms with Crippen molar-refractivity contribution in [2.45, 2.75) is 12.3 Å². The summed E-state index contributed by atoms with van der Waals surface area (Å²) in [7, 11) is 1.67. The van der Waals surface area contributed by atoms with Gasteiger partial charge in [0.2, 0.25) is 0 Å². The molecule has 76 valence electrons. The van der Waals surface area contributed by atoms with Crippen molar-refractivity contribution in [3.63, 3.8) is 0 Å². The number of ether oxygens (including phenoxy) is 1. The van der Waals surface area contributed by atoms with Crippen LogP contribution in [0.25, 0.3) is 0 Å². The van der Waals surface area contributed by atoms with Crippen molar-refractivity contribution < 1.29 is 9.84 Å². The first-order valence-electron chi connectivity index (χ1n) is 4.70. The highest BCUT2D eigenvalue weighted by Crippen LogP contribution is 2.49. The van der Waals surface area contributed by atoms with Crippen molar-refractivity contribution >= 4 is 15.9 Å². The monoisotopic (exact) mass is 256 g/mol. The summed E-state index contributed by atoms with van der Waals surface area (Å²) in [6.07, 6.45) is 1.09. The van der Waals surface area contributed by atoms with Gasteiger partial charge in [0.15, 0.2) is 0 Å². The molecular formula is C11H13BrO2. The van der Waals surface area contributed by atoms with E-state index in [2.05, 4.69) is 15.9 Å². The number of rotatable bonds is 3. The van der Waals surface area contributed by atoms with Crippen LogP contribution < -0.4 is 4.74 Å². The van der Waals surface area contributed by atoms with Crippen molar-refractivity contribution in [2.75, 3.05) is 13.7 Å². The Morgan fingerprint density at radius 2 is 2.36 bits per heavy atom. The number of methoxy groups -OCH3 is 1. The number of benzene rings is 1. The molecule has 3 heteroatoms. The average Bonchev–Trinajstić information content (AvgIpc) is 2.98. The summed E-state index contributed by atoms with van der Waals surface area (Å²) in [4.78, 5) is 0. The zero-order valence-corrected chi connectivity index (χ0v) is 9.62. The lowest BCUT2D eigenvalue weighted by atomic mass is 10.1. The van der Waals surface area contributed by atoms with Crippen LogP contribution in [0.2, 0.25) is 0 Å². The third-order valence-electron chi connectivity index (χ3n) is 2.76. The van der Waals surface area contributed by atoms with E-state index in [9.17, 15) is 0 Å². The molecule has 0 bridgehead atoms. The topological polar surface area (TPSA) is 29.5 Å². The fraction of sp³-hybridized carbons (Fsp3) is 0.455. The zero-order valence-electron chi connectivity index (χ0n) is 8.03. The van der Waals surface area contributed by atoms with E-state index in [4.69, 9.17) is 9.84 Å². The molecule has 14 heavy (non-hydrogen) atoms. The minimum Gasteiger partial charge on any atom is -0.497 e. The second kappa shape index (κ2) is 3.91. The van der Waals surface area contributed by atoms with Crippen LogP contribution in [0.4, 0.5) is 0 Å². The van der Waals surface area contributed by atoms with Crippen molar-refractivity contribution in [1.82, 2.24) is 0 Å². The van der Waals surface area contributed by atoms with Gasteiger partial charge in [0.05, 0.1) is 7.11 Å². The molecule has 0 aliphatic heterocycles. The molecule has 1 aromatic rings. The van der Waals surface area contributed by atoms with Gasteiger partial charge in [-0.05, 0) is 42.0 Å². The van der Waals surface area contributed by atoms with Crippen LogP contribution in [-0.2, 0) is 0 Å². The third kappa shape index (κ3) is 1.79. The summed E-state index contributed by atoms with van der Waals surface area (Å²) in [5.41, 5.74) is 1.25. The van der Waals surface area contributed by atoms with Crippen LogP contribution in [0, 0.1) is 5.92 Å². The van der Waals surface area contributed by atoms with Crippen LogP contribution in [0.1, 0.15) is 17.9 Å². The van der Waals surface area contributed by atoms with Gasteiger partial charge in [-0.25, -0.2) is 0 Å². The molecule has 0 unspecified atom stereocenters. The molecule has 0 amide bonds. The summed E-state index contributed by atoms with van der Waals surface area (Å²) in [6.45, 7) is 0.286. The Morgan fingerprint density at radius 1 is 1.57 bits per heavy atom. The second-order valence-corrected chi connectivity index (χ2v) is 4.53. The Morgan fingerprint density at radius 3 is 2.93 bits per heavy atom. The predicted molar refractivity (Wildman–Crippen MR) is 58.6 cm³/mol. The summed E-state index contributed by atoms with van der Waals surface area (Å²) < 4.78 is 6.28. The number of hydrogen-bond acceptors (Lipinski definition) is 2. The summed E-state index contributed by atoms with van der Waals surface area (Å²) in [5.74, 6) is 1.83. The van der Waals surface area contributed by atoms with Gasteiger partial charge in [0.25, 0.3) is 0 Å². The van der Waals surface area contributed by atoms with E-state index in [1.165, 1.54) is 5.56 Å². The van der Waals surface area contributed by atoms with Crippen molar-refractivity contribution in [3.8, 4) is 5.75 Å². The van der Waals surface area contributed by atoms with Crippen LogP contribution in [-0.4, -0.2) is 18.8 Å². The second-order valence-electron chi connectivity index (χ2n) is 3.67. The van der Waals surface area contributed by atoms with Crippen LogP contribution in [0.5, 0.6) is 5.75 Å². The largest absolute Gasteiger partial charge is 0.497 e. The van der Waals surface area contributed by atoms with Gasteiger partial charge in [0, 0.05) is 11.1 Å². The molecule has 2 atom stereocenters. The van der Waals surface area contributed by atoms with Crippen LogP contribution in [0.3, 0.4) is 0 Å². The van der Waals surface area contributed by atoms with Gasteiger partial charge < -0.3 is 9.84 Å². The lowest BCUT2D eigenvalue weighted by Crippen LogP contribution is -1.91. The van der Waals surface area contributed by atoms with Gasteiger partial charge in [-0.3, -0.25) is 0 Å². The standard InChI is InChI=1S/C11H13BrO2/c1-14-8-2-3-11(12)10(5-8)9-4-7(9)6-13/h2-3,5,7,9,13H,4,6H2,1H3/t7-,9-/m1/s1. The highest BCUT2D eigenvalue weighted by Gasteiger charge is 2.38. The average molecular weight is 257 g/mol.